The summed E-state index contributed by atoms with van der Waals surface area (Å²) in [4.78, 5) is 4.55. The maximum atomic E-state index is 6.04. The predicted molar refractivity (Wildman–Crippen MR) is 115 cm³/mol. The highest BCUT2D eigenvalue weighted by Crippen LogP contribution is 2.39. The van der Waals surface area contributed by atoms with Crippen molar-refractivity contribution in [3.05, 3.63) is 42.2 Å². The summed E-state index contributed by atoms with van der Waals surface area (Å²) in [5.74, 6) is 0.959. The highest BCUT2D eigenvalue weighted by Gasteiger charge is 2.41. The molecule has 1 aliphatic rings. The van der Waals surface area contributed by atoms with Crippen LogP contribution in [-0.2, 0) is 14.9 Å². The number of rotatable bonds is 8. The largest absolute Gasteiger partial charge is 0.493 e. The van der Waals surface area contributed by atoms with Crippen LogP contribution in [-0.4, -0.2) is 37.7 Å². The SMILES string of the molecule is CCCOc1cc(-c2cncc(C3(CCC)COC(C)(C)OC3)c2)ccc1OC. The molecule has 2 heterocycles. The molecule has 0 unspecified atom stereocenters. The second-order valence-electron chi connectivity index (χ2n) is 8.18. The Labute approximate surface area is 174 Å². The summed E-state index contributed by atoms with van der Waals surface area (Å²) in [6, 6.07) is 8.23. The normalized spacial score (nSPS) is 17.7. The van der Waals surface area contributed by atoms with E-state index in [-0.39, 0.29) is 5.41 Å². The number of pyridine rings is 1. The zero-order chi connectivity index (χ0) is 20.9. The van der Waals surface area contributed by atoms with Gasteiger partial charge in [0.1, 0.15) is 0 Å². The molecule has 0 bridgehead atoms. The van der Waals surface area contributed by atoms with Crippen molar-refractivity contribution in [2.75, 3.05) is 26.9 Å². The van der Waals surface area contributed by atoms with Crippen LogP contribution in [0.15, 0.2) is 36.7 Å². The third-order valence-corrected chi connectivity index (χ3v) is 5.43. The van der Waals surface area contributed by atoms with Crippen LogP contribution in [0.3, 0.4) is 0 Å². The maximum Gasteiger partial charge on any atom is 0.162 e. The predicted octanol–water partition coefficient (Wildman–Crippen LogP) is 5.37. The standard InChI is InChI=1S/C24H33NO4/c1-6-10-24(16-28-23(3,4)29-17-24)20-12-19(14-25-15-20)18-8-9-21(26-5)22(13-18)27-11-7-2/h8-9,12-15H,6-7,10-11,16-17H2,1-5H3. The maximum absolute atomic E-state index is 6.04. The van der Waals surface area contributed by atoms with Gasteiger partial charge in [0.15, 0.2) is 17.3 Å². The molecule has 3 rings (SSSR count). The third kappa shape index (κ3) is 4.90. The highest BCUT2D eigenvalue weighted by molar-refractivity contribution is 5.67. The minimum Gasteiger partial charge on any atom is -0.493 e. The van der Waals surface area contributed by atoms with Crippen molar-refractivity contribution in [3.63, 3.8) is 0 Å². The summed E-state index contributed by atoms with van der Waals surface area (Å²) < 4.78 is 23.4. The molecule has 0 N–H and O–H groups in total. The van der Waals surface area contributed by atoms with Gasteiger partial charge in [-0.2, -0.15) is 0 Å². The van der Waals surface area contributed by atoms with Crippen molar-refractivity contribution < 1.29 is 18.9 Å². The van der Waals surface area contributed by atoms with Crippen LogP contribution in [0.5, 0.6) is 11.5 Å². The van der Waals surface area contributed by atoms with E-state index in [1.54, 1.807) is 7.11 Å². The molecule has 0 radical (unpaired) electrons. The smallest absolute Gasteiger partial charge is 0.162 e. The van der Waals surface area contributed by atoms with Crippen molar-refractivity contribution in [1.82, 2.24) is 4.98 Å². The summed E-state index contributed by atoms with van der Waals surface area (Å²) in [7, 11) is 1.66. The molecule has 0 amide bonds. The Morgan fingerprint density at radius 3 is 2.38 bits per heavy atom. The fraction of sp³-hybridized carbons (Fsp3) is 0.542. The lowest BCUT2D eigenvalue weighted by atomic mass is 9.77. The first-order valence-corrected chi connectivity index (χ1v) is 10.5. The Bertz CT molecular complexity index is 808. The van der Waals surface area contributed by atoms with Crippen molar-refractivity contribution in [3.8, 4) is 22.6 Å². The number of hydrogen-bond donors (Lipinski definition) is 0. The van der Waals surface area contributed by atoms with E-state index in [1.165, 1.54) is 0 Å². The van der Waals surface area contributed by atoms with Crippen molar-refractivity contribution in [1.29, 1.82) is 0 Å². The van der Waals surface area contributed by atoms with Crippen LogP contribution in [0, 0.1) is 0 Å². The average Bonchev–Trinajstić information content (AvgIpc) is 2.74. The summed E-state index contributed by atoms with van der Waals surface area (Å²) in [5.41, 5.74) is 3.07. The molecular formula is C24H33NO4. The number of benzene rings is 1. The summed E-state index contributed by atoms with van der Waals surface area (Å²) >= 11 is 0. The van der Waals surface area contributed by atoms with Crippen LogP contribution in [0.4, 0.5) is 0 Å². The molecule has 1 saturated heterocycles. The average molecular weight is 400 g/mol. The van der Waals surface area contributed by atoms with Crippen molar-refractivity contribution in [2.24, 2.45) is 0 Å². The van der Waals surface area contributed by atoms with Gasteiger partial charge in [0.05, 0.1) is 26.9 Å². The minimum absolute atomic E-state index is 0.179. The Hall–Kier alpha value is -2.11. The quantitative estimate of drug-likeness (QED) is 0.597. The molecule has 0 atom stereocenters. The van der Waals surface area contributed by atoms with Gasteiger partial charge in [0.25, 0.3) is 0 Å². The van der Waals surface area contributed by atoms with Gasteiger partial charge in [-0.05, 0) is 56.0 Å². The van der Waals surface area contributed by atoms with Crippen LogP contribution >= 0.6 is 0 Å². The van der Waals surface area contributed by atoms with E-state index in [9.17, 15) is 0 Å². The lowest BCUT2D eigenvalue weighted by molar-refractivity contribution is -0.270. The van der Waals surface area contributed by atoms with Crippen LogP contribution in [0.1, 0.15) is 52.5 Å². The third-order valence-electron chi connectivity index (χ3n) is 5.43. The van der Waals surface area contributed by atoms with Crippen LogP contribution in [0.25, 0.3) is 11.1 Å². The van der Waals surface area contributed by atoms with Crippen LogP contribution < -0.4 is 9.47 Å². The van der Waals surface area contributed by atoms with Gasteiger partial charge in [-0.25, -0.2) is 0 Å². The second kappa shape index (κ2) is 9.14. The molecule has 158 valence electrons. The fourth-order valence-electron chi connectivity index (χ4n) is 3.71. The van der Waals surface area contributed by atoms with E-state index in [0.29, 0.717) is 19.8 Å². The van der Waals surface area contributed by atoms with Gasteiger partial charge >= 0.3 is 0 Å². The van der Waals surface area contributed by atoms with Gasteiger partial charge in [0.2, 0.25) is 0 Å². The molecular weight excluding hydrogens is 366 g/mol. The first-order valence-electron chi connectivity index (χ1n) is 10.5. The zero-order valence-corrected chi connectivity index (χ0v) is 18.3. The van der Waals surface area contributed by atoms with Crippen molar-refractivity contribution >= 4 is 0 Å². The van der Waals surface area contributed by atoms with E-state index < -0.39 is 5.79 Å². The van der Waals surface area contributed by atoms with Gasteiger partial charge in [-0.15, -0.1) is 0 Å². The Morgan fingerprint density at radius 2 is 1.72 bits per heavy atom. The van der Waals surface area contributed by atoms with E-state index in [2.05, 4.69) is 24.9 Å². The van der Waals surface area contributed by atoms with E-state index >= 15 is 0 Å². The first-order chi connectivity index (χ1) is 13.9. The minimum atomic E-state index is -0.538. The van der Waals surface area contributed by atoms with E-state index in [0.717, 1.165) is 47.5 Å². The lowest BCUT2D eigenvalue weighted by Crippen LogP contribution is -2.49. The molecule has 1 aromatic carbocycles. The Morgan fingerprint density at radius 1 is 0.966 bits per heavy atom. The molecule has 0 saturated carbocycles. The number of methoxy groups -OCH3 is 1. The second-order valence-corrected chi connectivity index (χ2v) is 8.18. The lowest BCUT2D eigenvalue weighted by Gasteiger charge is -2.43. The first kappa shape index (κ1) is 21.6. The molecule has 0 spiro atoms. The number of ether oxygens (including phenoxy) is 4. The summed E-state index contributed by atoms with van der Waals surface area (Å²) in [5, 5.41) is 0. The molecule has 1 fully saturated rings. The van der Waals surface area contributed by atoms with Gasteiger partial charge in [-0.1, -0.05) is 26.3 Å². The van der Waals surface area contributed by atoms with Crippen molar-refractivity contribution in [2.45, 2.75) is 58.2 Å². The molecule has 5 heteroatoms. The number of aromatic nitrogens is 1. The van der Waals surface area contributed by atoms with E-state index in [1.807, 2.05) is 44.4 Å². The Kier molecular flexibility index (Phi) is 6.81. The molecule has 1 aromatic heterocycles. The van der Waals surface area contributed by atoms with Crippen LogP contribution in [0.2, 0.25) is 0 Å². The van der Waals surface area contributed by atoms with E-state index in [4.69, 9.17) is 18.9 Å². The summed E-state index contributed by atoms with van der Waals surface area (Å²) in [6.07, 6.45) is 6.82. The molecule has 29 heavy (non-hydrogen) atoms. The zero-order valence-electron chi connectivity index (χ0n) is 18.3. The number of hydrogen-bond acceptors (Lipinski definition) is 5. The summed E-state index contributed by atoms with van der Waals surface area (Å²) in [6.45, 7) is 10.1. The Balaban J connectivity index is 1.94. The molecule has 5 nitrogen and oxygen atoms in total. The molecule has 2 aromatic rings. The highest BCUT2D eigenvalue weighted by atomic mass is 16.7. The van der Waals surface area contributed by atoms with Gasteiger partial charge in [-0.3, -0.25) is 4.98 Å². The topological polar surface area (TPSA) is 49.8 Å². The fourth-order valence-corrected chi connectivity index (χ4v) is 3.71. The monoisotopic (exact) mass is 399 g/mol. The molecule has 1 aliphatic heterocycles. The number of nitrogens with zero attached hydrogens (tertiary/aromatic N) is 1. The molecule has 0 aliphatic carbocycles. The van der Waals surface area contributed by atoms with Gasteiger partial charge in [0, 0.05) is 23.4 Å². The van der Waals surface area contributed by atoms with Gasteiger partial charge < -0.3 is 18.9 Å².